The van der Waals surface area contributed by atoms with Gasteiger partial charge in [-0.15, -0.1) is 11.6 Å². The van der Waals surface area contributed by atoms with Gasteiger partial charge in [0.2, 0.25) is 0 Å². The first-order valence-corrected chi connectivity index (χ1v) is 6.47. The first kappa shape index (κ1) is 11.9. The monoisotopic (exact) mass is 238 g/mol. The van der Waals surface area contributed by atoms with Gasteiger partial charge in [0.05, 0.1) is 5.38 Å². The van der Waals surface area contributed by atoms with Crippen LogP contribution in [0.2, 0.25) is 0 Å². The molecule has 1 aromatic rings. The number of halogens is 1. The molecule has 2 unspecified atom stereocenters. The SMILES string of the molecule is COCCC1CCCc2ccccc2C1Cl. The van der Waals surface area contributed by atoms with Crippen molar-refractivity contribution in [1.29, 1.82) is 0 Å². The molecule has 0 saturated heterocycles. The van der Waals surface area contributed by atoms with Crippen molar-refractivity contribution in [2.24, 2.45) is 5.92 Å². The zero-order valence-electron chi connectivity index (χ0n) is 9.79. The second-order valence-corrected chi connectivity index (χ2v) is 5.00. The minimum Gasteiger partial charge on any atom is -0.385 e. The first-order valence-electron chi connectivity index (χ1n) is 6.03. The summed E-state index contributed by atoms with van der Waals surface area (Å²) in [5, 5.41) is 0.161. The molecule has 16 heavy (non-hydrogen) atoms. The molecule has 88 valence electrons. The van der Waals surface area contributed by atoms with Crippen LogP contribution >= 0.6 is 11.6 Å². The molecule has 1 aromatic carbocycles. The molecule has 1 aliphatic rings. The number of alkyl halides is 1. The number of hydrogen-bond donors (Lipinski definition) is 0. The van der Waals surface area contributed by atoms with Crippen LogP contribution in [-0.4, -0.2) is 13.7 Å². The van der Waals surface area contributed by atoms with Crippen LogP contribution in [-0.2, 0) is 11.2 Å². The minimum atomic E-state index is 0.161. The van der Waals surface area contributed by atoms with Crippen LogP contribution in [0.5, 0.6) is 0 Å². The standard InChI is InChI=1S/C14H19ClO/c1-16-10-9-12-7-4-6-11-5-2-3-8-13(11)14(12)15/h2-3,5,8,12,14H,4,6-7,9-10H2,1H3. The van der Waals surface area contributed by atoms with Crippen molar-refractivity contribution in [2.45, 2.75) is 31.1 Å². The van der Waals surface area contributed by atoms with Gasteiger partial charge in [0.25, 0.3) is 0 Å². The normalized spacial score (nSPS) is 24.9. The van der Waals surface area contributed by atoms with E-state index >= 15 is 0 Å². The van der Waals surface area contributed by atoms with Crippen molar-refractivity contribution in [3.8, 4) is 0 Å². The van der Waals surface area contributed by atoms with Gasteiger partial charge in [-0.25, -0.2) is 0 Å². The number of rotatable bonds is 3. The molecule has 0 aromatic heterocycles. The Hall–Kier alpha value is -0.530. The average molecular weight is 239 g/mol. The van der Waals surface area contributed by atoms with Crippen molar-refractivity contribution in [3.05, 3.63) is 35.4 Å². The molecule has 0 saturated carbocycles. The summed E-state index contributed by atoms with van der Waals surface area (Å²) < 4.78 is 5.16. The van der Waals surface area contributed by atoms with Crippen LogP contribution in [0.15, 0.2) is 24.3 Å². The van der Waals surface area contributed by atoms with Gasteiger partial charge >= 0.3 is 0 Å². The van der Waals surface area contributed by atoms with Crippen LogP contribution in [0.1, 0.15) is 35.8 Å². The van der Waals surface area contributed by atoms with E-state index in [4.69, 9.17) is 16.3 Å². The Balaban J connectivity index is 2.16. The Kier molecular flexibility index (Phi) is 4.25. The van der Waals surface area contributed by atoms with Gasteiger partial charge in [-0.05, 0) is 42.7 Å². The van der Waals surface area contributed by atoms with Crippen molar-refractivity contribution in [2.75, 3.05) is 13.7 Å². The lowest BCUT2D eigenvalue weighted by Crippen LogP contribution is -2.10. The highest BCUT2D eigenvalue weighted by molar-refractivity contribution is 6.21. The highest BCUT2D eigenvalue weighted by Crippen LogP contribution is 2.39. The fourth-order valence-corrected chi connectivity index (χ4v) is 3.01. The zero-order chi connectivity index (χ0) is 11.4. The first-order chi connectivity index (χ1) is 7.83. The van der Waals surface area contributed by atoms with Crippen molar-refractivity contribution in [1.82, 2.24) is 0 Å². The third-order valence-corrected chi connectivity index (χ3v) is 4.07. The van der Waals surface area contributed by atoms with Crippen molar-refractivity contribution in [3.63, 3.8) is 0 Å². The summed E-state index contributed by atoms with van der Waals surface area (Å²) in [6.07, 6.45) is 4.70. The summed E-state index contributed by atoms with van der Waals surface area (Å²) in [5.74, 6) is 0.560. The molecule has 0 spiro atoms. The van der Waals surface area contributed by atoms with Crippen molar-refractivity contribution < 1.29 is 4.74 Å². The Bertz CT molecular complexity index is 335. The fourth-order valence-electron chi connectivity index (χ4n) is 2.55. The van der Waals surface area contributed by atoms with Gasteiger partial charge in [-0.1, -0.05) is 24.3 Å². The quantitative estimate of drug-likeness (QED) is 0.572. The molecule has 0 aliphatic heterocycles. The third kappa shape index (κ3) is 2.58. The van der Waals surface area contributed by atoms with Gasteiger partial charge in [0, 0.05) is 13.7 Å². The zero-order valence-corrected chi connectivity index (χ0v) is 10.5. The number of hydrogen-bond acceptors (Lipinski definition) is 1. The maximum atomic E-state index is 6.60. The molecule has 0 N–H and O–H groups in total. The summed E-state index contributed by atoms with van der Waals surface area (Å²) in [6, 6.07) is 8.59. The molecular weight excluding hydrogens is 220 g/mol. The van der Waals surface area contributed by atoms with E-state index < -0.39 is 0 Å². The molecule has 0 fully saturated rings. The summed E-state index contributed by atoms with van der Waals surface area (Å²) in [5.41, 5.74) is 2.77. The molecule has 0 heterocycles. The number of methoxy groups -OCH3 is 1. The Morgan fingerprint density at radius 1 is 1.38 bits per heavy atom. The Morgan fingerprint density at radius 2 is 2.19 bits per heavy atom. The maximum Gasteiger partial charge on any atom is 0.0616 e. The summed E-state index contributed by atoms with van der Waals surface area (Å²) in [4.78, 5) is 0. The van der Waals surface area contributed by atoms with E-state index in [-0.39, 0.29) is 5.38 Å². The van der Waals surface area contributed by atoms with Crippen LogP contribution in [0, 0.1) is 5.92 Å². The number of ether oxygens (including phenoxy) is 1. The topological polar surface area (TPSA) is 9.23 Å². The van der Waals surface area contributed by atoms with E-state index in [0.29, 0.717) is 5.92 Å². The van der Waals surface area contributed by atoms with E-state index in [9.17, 15) is 0 Å². The van der Waals surface area contributed by atoms with E-state index in [1.165, 1.54) is 30.4 Å². The molecule has 2 atom stereocenters. The molecule has 0 amide bonds. The minimum absolute atomic E-state index is 0.161. The Labute approximate surface area is 103 Å². The molecule has 0 bridgehead atoms. The molecular formula is C14H19ClO. The number of fused-ring (bicyclic) bond motifs is 1. The summed E-state index contributed by atoms with van der Waals surface area (Å²) in [6.45, 7) is 0.816. The maximum absolute atomic E-state index is 6.60. The van der Waals surface area contributed by atoms with Crippen LogP contribution in [0.25, 0.3) is 0 Å². The average Bonchev–Trinajstić information content (AvgIpc) is 2.47. The lowest BCUT2D eigenvalue weighted by atomic mass is 9.93. The summed E-state index contributed by atoms with van der Waals surface area (Å²) >= 11 is 6.60. The number of aryl methyl sites for hydroxylation is 1. The van der Waals surface area contributed by atoms with Crippen molar-refractivity contribution >= 4 is 11.6 Å². The van der Waals surface area contributed by atoms with E-state index in [2.05, 4.69) is 24.3 Å². The number of benzene rings is 1. The molecule has 0 radical (unpaired) electrons. The lowest BCUT2D eigenvalue weighted by Gasteiger charge is -2.20. The van der Waals surface area contributed by atoms with Crippen LogP contribution < -0.4 is 0 Å². The van der Waals surface area contributed by atoms with Gasteiger partial charge in [-0.3, -0.25) is 0 Å². The molecule has 2 heteroatoms. The third-order valence-electron chi connectivity index (χ3n) is 3.48. The second-order valence-electron chi connectivity index (χ2n) is 4.53. The predicted octanol–water partition coefficient (Wildman–Crippen LogP) is 3.96. The van der Waals surface area contributed by atoms with Gasteiger partial charge < -0.3 is 4.74 Å². The van der Waals surface area contributed by atoms with Crippen LogP contribution in [0.4, 0.5) is 0 Å². The Morgan fingerprint density at radius 3 is 3.00 bits per heavy atom. The highest BCUT2D eigenvalue weighted by Gasteiger charge is 2.25. The molecule has 1 nitrogen and oxygen atoms in total. The van der Waals surface area contributed by atoms with Crippen LogP contribution in [0.3, 0.4) is 0 Å². The summed E-state index contributed by atoms with van der Waals surface area (Å²) in [7, 11) is 1.76. The predicted molar refractivity (Wildman–Crippen MR) is 68.0 cm³/mol. The van der Waals surface area contributed by atoms with Gasteiger partial charge in [-0.2, -0.15) is 0 Å². The second kappa shape index (κ2) is 5.70. The van der Waals surface area contributed by atoms with Gasteiger partial charge in [0.1, 0.15) is 0 Å². The molecule has 1 aliphatic carbocycles. The van der Waals surface area contributed by atoms with E-state index in [0.717, 1.165) is 13.0 Å². The lowest BCUT2D eigenvalue weighted by molar-refractivity contribution is 0.174. The van der Waals surface area contributed by atoms with Gasteiger partial charge in [0.15, 0.2) is 0 Å². The fraction of sp³-hybridized carbons (Fsp3) is 0.571. The van der Waals surface area contributed by atoms with E-state index in [1.807, 2.05) is 0 Å². The molecule has 2 rings (SSSR count). The highest BCUT2D eigenvalue weighted by atomic mass is 35.5. The van der Waals surface area contributed by atoms with E-state index in [1.54, 1.807) is 7.11 Å². The smallest absolute Gasteiger partial charge is 0.0616 e. The largest absolute Gasteiger partial charge is 0.385 e.